The van der Waals surface area contributed by atoms with Crippen molar-refractivity contribution < 1.29 is 19.5 Å². The molecule has 3 rings (SSSR count). The molecule has 7 N–H and O–H groups in total. The van der Waals surface area contributed by atoms with Gasteiger partial charge in [0, 0.05) is 18.5 Å². The van der Waals surface area contributed by atoms with E-state index in [4.69, 9.17) is 11.5 Å². The average Bonchev–Trinajstić information content (AvgIpc) is 3.11. The number of hydrogen-bond donors (Lipinski definition) is 5. The van der Waals surface area contributed by atoms with Gasteiger partial charge in [0.15, 0.2) is 0 Å². The molecule has 2 amide bonds. The lowest BCUT2D eigenvalue weighted by molar-refractivity contribution is -0.139. The molecule has 0 saturated heterocycles. The summed E-state index contributed by atoms with van der Waals surface area (Å²) in [6.07, 6.45) is 1.73. The number of aryl methyl sites for hydroxylation is 2. The highest BCUT2D eigenvalue weighted by molar-refractivity contribution is 5.96. The number of carboxylic acid groups (broad SMARTS) is 1. The van der Waals surface area contributed by atoms with Crippen LogP contribution in [-0.2, 0) is 22.6 Å². The predicted octanol–water partition coefficient (Wildman–Crippen LogP) is -0.00200. The normalized spacial score (nSPS) is 11.9. The van der Waals surface area contributed by atoms with E-state index in [1.807, 2.05) is 0 Å². The molecule has 0 saturated carbocycles. The summed E-state index contributed by atoms with van der Waals surface area (Å²) in [7, 11) is 0. The largest absolute Gasteiger partial charge is 0.480 e. The molecule has 2 heterocycles. The molecule has 0 radical (unpaired) electrons. The van der Waals surface area contributed by atoms with E-state index >= 15 is 0 Å². The van der Waals surface area contributed by atoms with Crippen LogP contribution < -0.4 is 22.3 Å². The average molecular weight is 426 g/mol. The van der Waals surface area contributed by atoms with Crippen molar-refractivity contribution in [2.45, 2.75) is 31.8 Å². The van der Waals surface area contributed by atoms with Crippen molar-refractivity contribution in [3.63, 3.8) is 0 Å². The Balaban J connectivity index is 1.62. The molecule has 11 nitrogen and oxygen atoms in total. The van der Waals surface area contributed by atoms with Gasteiger partial charge >= 0.3 is 5.97 Å². The minimum atomic E-state index is -1.24. The topological polar surface area (TPSA) is 186 Å². The van der Waals surface area contributed by atoms with E-state index in [9.17, 15) is 24.3 Å². The van der Waals surface area contributed by atoms with E-state index in [2.05, 4.69) is 15.3 Å². The van der Waals surface area contributed by atoms with Gasteiger partial charge in [-0.2, -0.15) is 0 Å². The first-order chi connectivity index (χ1) is 14.7. The molecule has 1 aromatic carbocycles. The van der Waals surface area contributed by atoms with Crippen molar-refractivity contribution >= 4 is 34.6 Å². The maximum absolute atomic E-state index is 12.5. The SMILES string of the molecule is NC(=O)CC[C@H](NC(=O)c1ccc(CCn2cnc3[nH]c(N)cc3c2=O)cc1)C(=O)O. The third-order valence-electron chi connectivity index (χ3n) is 4.78. The molecular formula is C20H22N6O5. The number of aromatic amines is 1. The standard InChI is InChI=1S/C20H22N6O5/c21-15-9-13-17(25-15)23-10-26(19(13)29)8-7-11-1-3-12(4-2-11)18(28)24-14(20(30)31)5-6-16(22)27/h1-4,9-10,14,25H,5-8,21H2,(H2,22,27)(H,24,28)(H,30,31)/t14-/m0/s1. The Morgan fingerprint density at radius 2 is 1.94 bits per heavy atom. The zero-order valence-electron chi connectivity index (χ0n) is 16.5. The highest BCUT2D eigenvalue weighted by atomic mass is 16.4. The zero-order valence-corrected chi connectivity index (χ0v) is 16.5. The quantitative estimate of drug-likeness (QED) is 0.318. The molecule has 2 aromatic heterocycles. The van der Waals surface area contributed by atoms with Crippen LogP contribution in [0.5, 0.6) is 0 Å². The molecule has 3 aromatic rings. The predicted molar refractivity (Wildman–Crippen MR) is 112 cm³/mol. The molecule has 162 valence electrons. The maximum atomic E-state index is 12.5. The number of H-pyrrole nitrogens is 1. The minimum absolute atomic E-state index is 0.0889. The molecule has 31 heavy (non-hydrogen) atoms. The summed E-state index contributed by atoms with van der Waals surface area (Å²) in [5.41, 5.74) is 12.1. The lowest BCUT2D eigenvalue weighted by atomic mass is 10.1. The smallest absolute Gasteiger partial charge is 0.326 e. The number of anilines is 1. The summed E-state index contributed by atoms with van der Waals surface area (Å²) in [5.74, 6) is -2.09. The van der Waals surface area contributed by atoms with E-state index in [1.165, 1.54) is 10.9 Å². The fraction of sp³-hybridized carbons (Fsp3) is 0.250. The summed E-state index contributed by atoms with van der Waals surface area (Å²) in [5, 5.41) is 12.0. The van der Waals surface area contributed by atoms with E-state index in [1.54, 1.807) is 30.3 Å². The maximum Gasteiger partial charge on any atom is 0.326 e. The third kappa shape index (κ3) is 5.26. The third-order valence-corrected chi connectivity index (χ3v) is 4.78. The number of fused-ring (bicyclic) bond motifs is 1. The van der Waals surface area contributed by atoms with E-state index < -0.39 is 23.8 Å². The van der Waals surface area contributed by atoms with Crippen molar-refractivity contribution in [2.24, 2.45) is 5.73 Å². The molecule has 11 heteroatoms. The van der Waals surface area contributed by atoms with E-state index in [-0.39, 0.29) is 24.0 Å². The lowest BCUT2D eigenvalue weighted by Crippen LogP contribution is -2.41. The van der Waals surface area contributed by atoms with Crippen LogP contribution in [0.25, 0.3) is 11.0 Å². The van der Waals surface area contributed by atoms with Gasteiger partial charge in [0.05, 0.1) is 11.7 Å². The molecule has 0 fully saturated rings. The number of amides is 2. The number of carbonyl (C=O) groups is 3. The van der Waals surface area contributed by atoms with Crippen LogP contribution in [0.3, 0.4) is 0 Å². The van der Waals surface area contributed by atoms with Gasteiger partial charge in [-0.3, -0.25) is 19.0 Å². The number of nitrogens with zero attached hydrogens (tertiary/aromatic N) is 2. The number of primary amides is 1. The summed E-state index contributed by atoms with van der Waals surface area (Å²) < 4.78 is 1.48. The molecule has 0 unspecified atom stereocenters. The van der Waals surface area contributed by atoms with Gasteiger partial charge in [0.2, 0.25) is 5.91 Å². The number of nitrogen functional groups attached to an aromatic ring is 1. The zero-order chi connectivity index (χ0) is 22.5. The van der Waals surface area contributed by atoms with Crippen molar-refractivity contribution in [3.05, 3.63) is 58.1 Å². The van der Waals surface area contributed by atoms with Crippen molar-refractivity contribution in [1.82, 2.24) is 19.9 Å². The molecule has 0 spiro atoms. The van der Waals surface area contributed by atoms with Gasteiger partial charge in [-0.25, -0.2) is 9.78 Å². The van der Waals surface area contributed by atoms with Crippen LogP contribution in [0.4, 0.5) is 5.82 Å². The Hall–Kier alpha value is -4.15. The molecular weight excluding hydrogens is 404 g/mol. The fourth-order valence-electron chi connectivity index (χ4n) is 3.08. The Morgan fingerprint density at radius 3 is 2.58 bits per heavy atom. The Labute approximate surface area is 176 Å². The number of aromatic nitrogens is 3. The second-order valence-corrected chi connectivity index (χ2v) is 7.05. The second kappa shape index (κ2) is 9.11. The number of nitrogens with two attached hydrogens (primary N) is 2. The first kappa shape index (κ1) is 21.6. The Bertz CT molecular complexity index is 1180. The van der Waals surface area contributed by atoms with Gasteiger partial charge in [-0.05, 0) is 36.6 Å². The highest BCUT2D eigenvalue weighted by Crippen LogP contribution is 2.11. The van der Waals surface area contributed by atoms with Gasteiger partial charge < -0.3 is 26.9 Å². The number of nitrogens with one attached hydrogen (secondary N) is 2. The number of aliphatic carboxylic acids is 1. The highest BCUT2D eigenvalue weighted by Gasteiger charge is 2.21. The van der Waals surface area contributed by atoms with Crippen molar-refractivity contribution in [3.8, 4) is 0 Å². The van der Waals surface area contributed by atoms with Crippen molar-refractivity contribution in [1.29, 1.82) is 0 Å². The number of rotatable bonds is 9. The monoisotopic (exact) mass is 426 g/mol. The fourth-order valence-corrected chi connectivity index (χ4v) is 3.08. The summed E-state index contributed by atoms with van der Waals surface area (Å²) in [6, 6.07) is 6.90. The number of benzene rings is 1. The molecule has 0 aliphatic rings. The van der Waals surface area contributed by atoms with Crippen LogP contribution in [-0.4, -0.2) is 43.5 Å². The van der Waals surface area contributed by atoms with Crippen LogP contribution in [0.1, 0.15) is 28.8 Å². The van der Waals surface area contributed by atoms with E-state index in [0.717, 1.165) is 5.56 Å². The van der Waals surface area contributed by atoms with Crippen LogP contribution >= 0.6 is 0 Å². The first-order valence-electron chi connectivity index (χ1n) is 9.49. The molecule has 0 aliphatic heterocycles. The van der Waals surface area contributed by atoms with Crippen LogP contribution in [0.2, 0.25) is 0 Å². The molecule has 0 aliphatic carbocycles. The van der Waals surface area contributed by atoms with Gasteiger partial charge in [-0.1, -0.05) is 12.1 Å². The summed E-state index contributed by atoms with van der Waals surface area (Å²) in [4.78, 5) is 53.9. The number of hydrogen-bond acceptors (Lipinski definition) is 6. The molecule has 1 atom stereocenters. The van der Waals surface area contributed by atoms with Gasteiger partial charge in [0.1, 0.15) is 17.5 Å². The Kier molecular flexibility index (Phi) is 6.34. The molecule has 0 bridgehead atoms. The Morgan fingerprint density at radius 1 is 1.23 bits per heavy atom. The first-order valence-corrected chi connectivity index (χ1v) is 9.49. The van der Waals surface area contributed by atoms with Crippen LogP contribution in [0, 0.1) is 0 Å². The van der Waals surface area contributed by atoms with Crippen LogP contribution in [0.15, 0.2) is 41.5 Å². The van der Waals surface area contributed by atoms with Crippen molar-refractivity contribution in [2.75, 3.05) is 5.73 Å². The summed E-state index contributed by atoms with van der Waals surface area (Å²) in [6.45, 7) is 0.382. The lowest BCUT2D eigenvalue weighted by Gasteiger charge is -2.14. The minimum Gasteiger partial charge on any atom is -0.480 e. The second-order valence-electron chi connectivity index (χ2n) is 7.05. The summed E-state index contributed by atoms with van der Waals surface area (Å²) >= 11 is 0. The van der Waals surface area contributed by atoms with Gasteiger partial charge in [0.25, 0.3) is 11.5 Å². The number of carbonyl (C=O) groups excluding carboxylic acids is 2. The van der Waals surface area contributed by atoms with Gasteiger partial charge in [-0.15, -0.1) is 0 Å². The number of carboxylic acids is 1. The van der Waals surface area contributed by atoms with E-state index in [0.29, 0.717) is 29.8 Å².